The molecule has 0 aliphatic rings. The molecule has 18 heavy (non-hydrogen) atoms. The quantitative estimate of drug-likeness (QED) is 0.683. The molecule has 4 nitrogen and oxygen atoms in total. The fourth-order valence-corrected chi connectivity index (χ4v) is 1.34. The summed E-state index contributed by atoms with van der Waals surface area (Å²) in [5, 5.41) is 3.18. The van der Waals surface area contributed by atoms with Crippen LogP contribution in [-0.4, -0.2) is 25.5 Å². The van der Waals surface area contributed by atoms with E-state index in [0.717, 1.165) is 0 Å². The smallest absolute Gasteiger partial charge is 0.331 e. The van der Waals surface area contributed by atoms with E-state index >= 15 is 0 Å². The lowest BCUT2D eigenvalue weighted by Crippen LogP contribution is -2.24. The summed E-state index contributed by atoms with van der Waals surface area (Å²) in [4.78, 5) is 22.1. The monoisotopic (exact) mass is 287 g/mol. The van der Waals surface area contributed by atoms with Crippen molar-refractivity contribution in [1.29, 1.82) is 0 Å². The fourth-order valence-electron chi connectivity index (χ4n) is 1.04. The third kappa shape index (κ3) is 4.77. The Morgan fingerprint density at radius 1 is 1.33 bits per heavy atom. The Morgan fingerprint density at radius 2 is 2.06 bits per heavy atom. The summed E-state index contributed by atoms with van der Waals surface area (Å²) in [6, 6.07) is 4.95. The van der Waals surface area contributed by atoms with E-state index in [1.54, 1.807) is 18.2 Å². The molecule has 0 atom stereocenters. The molecule has 0 saturated carbocycles. The van der Waals surface area contributed by atoms with Crippen LogP contribution in [0, 0.1) is 0 Å². The molecular formula is C12H11Cl2NO3. The van der Waals surface area contributed by atoms with E-state index in [0.29, 0.717) is 15.6 Å². The van der Waals surface area contributed by atoms with Gasteiger partial charge in [0.25, 0.3) is 5.91 Å². The van der Waals surface area contributed by atoms with Gasteiger partial charge in [0.1, 0.15) is 0 Å². The lowest BCUT2D eigenvalue weighted by molar-refractivity contribution is -0.143. The van der Waals surface area contributed by atoms with Crippen LogP contribution in [0.4, 0.5) is 0 Å². The first-order chi connectivity index (χ1) is 8.52. The van der Waals surface area contributed by atoms with Crippen molar-refractivity contribution in [2.24, 2.45) is 0 Å². The number of ether oxygens (including phenoxy) is 1. The maximum Gasteiger partial charge on any atom is 0.331 e. The molecule has 1 aromatic carbocycles. The molecule has 1 N–H and O–H groups in total. The van der Waals surface area contributed by atoms with Crippen molar-refractivity contribution in [2.45, 2.75) is 0 Å². The number of nitrogens with one attached hydrogen (secondary N) is 1. The summed E-state index contributed by atoms with van der Waals surface area (Å²) >= 11 is 11.6. The van der Waals surface area contributed by atoms with Gasteiger partial charge in [-0.15, -0.1) is 0 Å². The van der Waals surface area contributed by atoms with E-state index in [1.807, 2.05) is 0 Å². The van der Waals surface area contributed by atoms with Gasteiger partial charge in [-0.3, -0.25) is 4.79 Å². The minimum absolute atomic E-state index is 0.305. The first-order valence-corrected chi connectivity index (χ1v) is 5.79. The van der Waals surface area contributed by atoms with Crippen LogP contribution in [0.3, 0.4) is 0 Å². The minimum Gasteiger partial charge on any atom is -0.452 e. The SMILES string of the molecule is CNC(=O)COC(=O)/C=C/c1ccc(Cl)c(Cl)c1. The Bertz CT molecular complexity index is 486. The molecule has 1 rings (SSSR count). The van der Waals surface area contributed by atoms with Crippen molar-refractivity contribution >= 4 is 41.2 Å². The molecule has 0 saturated heterocycles. The van der Waals surface area contributed by atoms with Crippen molar-refractivity contribution < 1.29 is 14.3 Å². The van der Waals surface area contributed by atoms with Crippen molar-refractivity contribution in [2.75, 3.05) is 13.7 Å². The zero-order chi connectivity index (χ0) is 13.5. The van der Waals surface area contributed by atoms with E-state index in [-0.39, 0.29) is 12.5 Å². The molecule has 0 heterocycles. The average molecular weight is 288 g/mol. The maximum absolute atomic E-state index is 11.2. The molecule has 0 spiro atoms. The first-order valence-electron chi connectivity index (χ1n) is 5.03. The second-order valence-corrected chi connectivity index (χ2v) is 4.10. The molecule has 0 unspecified atom stereocenters. The van der Waals surface area contributed by atoms with Gasteiger partial charge < -0.3 is 10.1 Å². The second-order valence-electron chi connectivity index (χ2n) is 3.29. The molecule has 0 bridgehead atoms. The molecule has 0 radical (unpaired) electrons. The Kier molecular flexibility index (Phi) is 5.68. The van der Waals surface area contributed by atoms with E-state index in [4.69, 9.17) is 23.2 Å². The van der Waals surface area contributed by atoms with Crippen molar-refractivity contribution in [1.82, 2.24) is 5.32 Å². The predicted molar refractivity (Wildman–Crippen MR) is 70.5 cm³/mol. The van der Waals surface area contributed by atoms with E-state index in [9.17, 15) is 9.59 Å². The third-order valence-electron chi connectivity index (χ3n) is 1.98. The number of rotatable bonds is 4. The van der Waals surface area contributed by atoms with Crippen LogP contribution in [0.1, 0.15) is 5.56 Å². The summed E-state index contributed by atoms with van der Waals surface area (Å²) in [5.41, 5.74) is 0.710. The number of likely N-dealkylation sites (N-methyl/N-ethyl adjacent to an activating group) is 1. The van der Waals surface area contributed by atoms with Crippen LogP contribution in [0.25, 0.3) is 6.08 Å². The zero-order valence-electron chi connectivity index (χ0n) is 9.57. The fraction of sp³-hybridized carbons (Fsp3) is 0.167. The number of halogens is 2. The number of esters is 1. The molecule has 0 fully saturated rings. The van der Waals surface area contributed by atoms with Crippen LogP contribution in [-0.2, 0) is 14.3 Å². The zero-order valence-corrected chi connectivity index (χ0v) is 11.1. The van der Waals surface area contributed by atoms with Crippen molar-refractivity contribution in [3.63, 3.8) is 0 Å². The molecule has 0 aliphatic carbocycles. The third-order valence-corrected chi connectivity index (χ3v) is 2.72. The van der Waals surface area contributed by atoms with Gasteiger partial charge in [-0.1, -0.05) is 29.3 Å². The standard InChI is InChI=1S/C12H11Cl2NO3/c1-15-11(16)7-18-12(17)5-3-8-2-4-9(13)10(14)6-8/h2-6H,7H2,1H3,(H,15,16)/b5-3+. The highest BCUT2D eigenvalue weighted by molar-refractivity contribution is 6.42. The Balaban J connectivity index is 2.55. The van der Waals surface area contributed by atoms with Gasteiger partial charge in [0.2, 0.25) is 0 Å². The summed E-state index contributed by atoms with van der Waals surface area (Å²) in [7, 11) is 1.46. The molecule has 1 aromatic rings. The van der Waals surface area contributed by atoms with Crippen LogP contribution >= 0.6 is 23.2 Å². The highest BCUT2D eigenvalue weighted by Crippen LogP contribution is 2.23. The van der Waals surface area contributed by atoms with Crippen LogP contribution in [0.2, 0.25) is 10.0 Å². The molecule has 6 heteroatoms. The van der Waals surface area contributed by atoms with Gasteiger partial charge >= 0.3 is 5.97 Å². The highest BCUT2D eigenvalue weighted by Gasteiger charge is 2.02. The number of carbonyl (C=O) groups is 2. The second kappa shape index (κ2) is 7.03. The molecule has 0 aromatic heterocycles. The molecular weight excluding hydrogens is 277 g/mol. The minimum atomic E-state index is -0.607. The summed E-state index contributed by atoms with van der Waals surface area (Å²) in [6.07, 6.45) is 2.73. The predicted octanol–water partition coefficient (Wildman–Crippen LogP) is 2.30. The van der Waals surface area contributed by atoms with Gasteiger partial charge in [0, 0.05) is 13.1 Å². The largest absolute Gasteiger partial charge is 0.452 e. The summed E-state index contributed by atoms with van der Waals surface area (Å²) in [6.45, 7) is -0.305. The van der Waals surface area contributed by atoms with Gasteiger partial charge in [-0.05, 0) is 23.8 Å². The number of hydrogen-bond acceptors (Lipinski definition) is 3. The number of hydrogen-bond donors (Lipinski definition) is 1. The van der Waals surface area contributed by atoms with Crippen LogP contribution in [0.15, 0.2) is 24.3 Å². The Hall–Kier alpha value is -1.52. The molecule has 1 amide bonds. The normalized spacial score (nSPS) is 10.4. The maximum atomic E-state index is 11.2. The molecule has 0 aliphatic heterocycles. The van der Waals surface area contributed by atoms with E-state index < -0.39 is 5.97 Å². The Morgan fingerprint density at radius 3 is 2.67 bits per heavy atom. The summed E-state index contributed by atoms with van der Waals surface area (Å²) < 4.78 is 4.67. The number of amides is 1. The number of carbonyl (C=O) groups excluding carboxylic acids is 2. The summed E-state index contributed by atoms with van der Waals surface area (Å²) in [5.74, 6) is -0.976. The van der Waals surface area contributed by atoms with E-state index in [1.165, 1.54) is 19.2 Å². The lowest BCUT2D eigenvalue weighted by atomic mass is 10.2. The average Bonchev–Trinajstić information content (AvgIpc) is 2.37. The highest BCUT2D eigenvalue weighted by atomic mass is 35.5. The van der Waals surface area contributed by atoms with Gasteiger partial charge in [0.05, 0.1) is 10.0 Å². The topological polar surface area (TPSA) is 55.4 Å². The van der Waals surface area contributed by atoms with E-state index in [2.05, 4.69) is 10.1 Å². The van der Waals surface area contributed by atoms with Gasteiger partial charge in [-0.25, -0.2) is 4.79 Å². The van der Waals surface area contributed by atoms with Crippen molar-refractivity contribution in [3.8, 4) is 0 Å². The lowest BCUT2D eigenvalue weighted by Gasteiger charge is -2.00. The molecule has 96 valence electrons. The van der Waals surface area contributed by atoms with Crippen LogP contribution < -0.4 is 5.32 Å². The van der Waals surface area contributed by atoms with Crippen molar-refractivity contribution in [3.05, 3.63) is 39.9 Å². The Labute approximate surface area is 115 Å². The number of benzene rings is 1. The first kappa shape index (κ1) is 14.5. The van der Waals surface area contributed by atoms with Gasteiger partial charge in [-0.2, -0.15) is 0 Å². The van der Waals surface area contributed by atoms with Crippen LogP contribution in [0.5, 0.6) is 0 Å². The van der Waals surface area contributed by atoms with Gasteiger partial charge in [0.15, 0.2) is 6.61 Å².